The maximum Gasteiger partial charge on any atom is 0.352 e. The van der Waals surface area contributed by atoms with Gasteiger partial charge in [0.15, 0.2) is 0 Å². The smallest absolute Gasteiger partial charge is 0.352 e. The molecule has 3 N–H and O–H groups in total. The van der Waals surface area contributed by atoms with Crippen LogP contribution < -0.4 is 10.6 Å². The molecule has 29 heavy (non-hydrogen) atoms. The first-order chi connectivity index (χ1) is 13.8. The molecule has 1 aromatic carbocycles. The number of nitro groups is 1. The second-order valence-electron chi connectivity index (χ2n) is 6.77. The van der Waals surface area contributed by atoms with Gasteiger partial charge in [0.25, 0.3) is 11.6 Å². The minimum Gasteiger partial charge on any atom is -0.477 e. The molecule has 4 rings (SSSR count). The summed E-state index contributed by atoms with van der Waals surface area (Å²) in [6.45, 7) is 0.324. The molecule has 3 aliphatic heterocycles. The Hall–Kier alpha value is -3.18. The summed E-state index contributed by atoms with van der Waals surface area (Å²) >= 11 is 1.36. The van der Waals surface area contributed by atoms with Crippen LogP contribution in [-0.4, -0.2) is 56.4 Å². The van der Waals surface area contributed by atoms with Crippen molar-refractivity contribution in [2.45, 2.75) is 17.8 Å². The number of thioether (sulfide) groups is 1. The number of fused-ring (bicyclic) bond motifs is 1. The van der Waals surface area contributed by atoms with Crippen LogP contribution in [-0.2, 0) is 14.4 Å². The van der Waals surface area contributed by atoms with E-state index in [9.17, 15) is 29.6 Å². The molecule has 0 spiro atoms. The van der Waals surface area contributed by atoms with Gasteiger partial charge in [-0.2, -0.15) is 0 Å². The number of hydrogen-bond acceptors (Lipinski definition) is 7. The summed E-state index contributed by atoms with van der Waals surface area (Å²) in [5.41, 5.74) is 6.64. The largest absolute Gasteiger partial charge is 0.477 e. The van der Waals surface area contributed by atoms with Gasteiger partial charge in [-0.1, -0.05) is 6.07 Å². The average molecular weight is 416 g/mol. The van der Waals surface area contributed by atoms with E-state index >= 15 is 0 Å². The number of hydrogen-bond donors (Lipinski definition) is 2. The number of nitrogens with two attached hydrogens (primary N) is 1. The Labute approximate surface area is 168 Å². The molecule has 11 heteroatoms. The summed E-state index contributed by atoms with van der Waals surface area (Å²) in [5, 5.41) is 20.2. The maximum atomic E-state index is 12.8. The number of carboxylic acid groups (broad SMARTS) is 1. The van der Waals surface area contributed by atoms with Gasteiger partial charge in [0.05, 0.1) is 10.6 Å². The Kier molecular flexibility index (Phi) is 4.63. The van der Waals surface area contributed by atoms with Crippen molar-refractivity contribution in [1.82, 2.24) is 4.90 Å². The second kappa shape index (κ2) is 7.01. The van der Waals surface area contributed by atoms with Crippen molar-refractivity contribution < 1.29 is 24.4 Å². The van der Waals surface area contributed by atoms with Gasteiger partial charge in [0.1, 0.15) is 17.1 Å². The number of allylic oxidation sites excluding steroid dienone is 1. The van der Waals surface area contributed by atoms with Gasteiger partial charge < -0.3 is 15.7 Å². The highest BCUT2D eigenvalue weighted by atomic mass is 32.2. The van der Waals surface area contributed by atoms with Crippen LogP contribution in [0.15, 0.2) is 47.2 Å². The molecule has 2 saturated heterocycles. The molecule has 3 heterocycles. The van der Waals surface area contributed by atoms with Gasteiger partial charge in [-0.3, -0.25) is 24.6 Å². The third-order valence-electron chi connectivity index (χ3n) is 5.07. The number of carbonyl (C=O) groups is 3. The third kappa shape index (κ3) is 3.08. The number of anilines is 1. The molecule has 10 nitrogen and oxygen atoms in total. The van der Waals surface area contributed by atoms with E-state index in [2.05, 4.69) is 0 Å². The number of non-ortho nitro benzene ring substituents is 1. The molecule has 150 valence electrons. The van der Waals surface area contributed by atoms with Crippen molar-refractivity contribution in [3.05, 3.63) is 57.3 Å². The zero-order valence-corrected chi connectivity index (χ0v) is 15.8. The van der Waals surface area contributed by atoms with Crippen molar-refractivity contribution in [2.24, 2.45) is 5.73 Å². The van der Waals surface area contributed by atoms with Gasteiger partial charge in [0.2, 0.25) is 5.91 Å². The minimum atomic E-state index is -1.25. The lowest BCUT2D eigenvalue weighted by Crippen LogP contribution is -2.68. The predicted octanol–water partition coefficient (Wildman–Crippen LogP) is 0.839. The highest BCUT2D eigenvalue weighted by Crippen LogP contribution is 2.40. The van der Waals surface area contributed by atoms with Gasteiger partial charge in [0, 0.05) is 30.0 Å². The van der Waals surface area contributed by atoms with Gasteiger partial charge in [-0.15, -0.1) is 11.8 Å². The number of carboxylic acids is 1. The highest BCUT2D eigenvalue weighted by molar-refractivity contribution is 8.00. The molecule has 0 radical (unpaired) electrons. The van der Waals surface area contributed by atoms with Crippen LogP contribution in [0.1, 0.15) is 6.42 Å². The number of carbonyl (C=O) groups excluding carboxylic acids is 2. The van der Waals surface area contributed by atoms with Crippen molar-refractivity contribution in [3.63, 3.8) is 0 Å². The molecule has 2 amide bonds. The maximum absolute atomic E-state index is 12.8. The van der Waals surface area contributed by atoms with Crippen LogP contribution in [0.2, 0.25) is 0 Å². The Balaban J connectivity index is 1.64. The summed E-state index contributed by atoms with van der Waals surface area (Å²) in [5.74, 6) is -1.73. The first-order valence-corrected chi connectivity index (χ1v) is 9.78. The van der Waals surface area contributed by atoms with Crippen LogP contribution in [0.25, 0.3) is 0 Å². The Morgan fingerprint density at radius 3 is 2.83 bits per heavy atom. The number of aliphatic carboxylic acids is 1. The summed E-state index contributed by atoms with van der Waals surface area (Å²) < 4.78 is 0. The fourth-order valence-corrected chi connectivity index (χ4v) is 4.88. The number of amides is 2. The molecule has 0 bridgehead atoms. The van der Waals surface area contributed by atoms with E-state index in [0.29, 0.717) is 35.6 Å². The molecular formula is C18H16N4O6S. The number of β-lactam (4-membered cyclic amide) rings is 1. The topological polar surface area (TPSA) is 147 Å². The van der Waals surface area contributed by atoms with Crippen LogP contribution in [0.4, 0.5) is 11.4 Å². The first kappa shape index (κ1) is 19.2. The number of nitrogens with zero attached hydrogens (tertiary/aromatic N) is 3. The fraction of sp³-hybridized carbons (Fsp3) is 0.278. The normalized spacial score (nSPS) is 25.3. The summed E-state index contributed by atoms with van der Waals surface area (Å²) in [7, 11) is 0. The molecule has 0 aliphatic carbocycles. The van der Waals surface area contributed by atoms with Gasteiger partial charge >= 0.3 is 5.97 Å². The predicted molar refractivity (Wildman–Crippen MR) is 104 cm³/mol. The SMILES string of the molecule is N[C@@H]1C(=O)N2C(C(=O)O)=C(/C=C3\CCN(c4cccc([N+](=O)[O-])c4)C3=O)CS[C@H]12. The van der Waals surface area contributed by atoms with E-state index in [1.54, 1.807) is 6.07 Å². The molecule has 3 aliphatic rings. The molecule has 2 atom stereocenters. The van der Waals surface area contributed by atoms with Crippen molar-refractivity contribution in [3.8, 4) is 0 Å². The van der Waals surface area contributed by atoms with Crippen LogP contribution in [0.5, 0.6) is 0 Å². The van der Waals surface area contributed by atoms with Crippen molar-refractivity contribution in [1.29, 1.82) is 0 Å². The zero-order valence-electron chi connectivity index (χ0n) is 15.0. The monoisotopic (exact) mass is 416 g/mol. The summed E-state index contributed by atoms with van der Waals surface area (Å²) in [6.07, 6.45) is 1.88. The minimum absolute atomic E-state index is 0.119. The number of rotatable bonds is 4. The highest BCUT2D eigenvalue weighted by Gasteiger charge is 2.51. The standard InChI is InChI=1S/C18H16N4O6S/c19-13-16(24)21-14(18(25)26)10(8-29-17(13)21)6-9-4-5-20(15(9)23)11-2-1-3-12(7-11)22(27)28/h1-3,6-7,13,17H,4-5,8,19H2,(H,25,26)/b9-6+/t13-,17-/m1/s1. The quantitative estimate of drug-likeness (QED) is 0.318. The van der Waals surface area contributed by atoms with E-state index < -0.39 is 28.2 Å². The Morgan fingerprint density at radius 1 is 1.38 bits per heavy atom. The van der Waals surface area contributed by atoms with E-state index in [1.807, 2.05) is 0 Å². The first-order valence-electron chi connectivity index (χ1n) is 8.73. The van der Waals surface area contributed by atoms with E-state index in [-0.39, 0.29) is 17.3 Å². The molecule has 1 aromatic rings. The molecular weight excluding hydrogens is 400 g/mol. The van der Waals surface area contributed by atoms with E-state index in [0.717, 1.165) is 0 Å². The lowest BCUT2D eigenvalue weighted by atomic mass is 10.0. The van der Waals surface area contributed by atoms with E-state index in [1.165, 1.54) is 45.8 Å². The van der Waals surface area contributed by atoms with Gasteiger partial charge in [-0.05, 0) is 24.1 Å². The fourth-order valence-electron chi connectivity index (χ4n) is 3.63. The number of nitro benzene ring substituents is 1. The van der Waals surface area contributed by atoms with Crippen molar-refractivity contribution in [2.75, 3.05) is 17.2 Å². The molecule has 0 saturated carbocycles. The van der Waals surface area contributed by atoms with E-state index in [4.69, 9.17) is 5.73 Å². The summed E-state index contributed by atoms with van der Waals surface area (Å²) in [4.78, 5) is 49.6. The summed E-state index contributed by atoms with van der Waals surface area (Å²) in [6, 6.07) is 5.06. The van der Waals surface area contributed by atoms with Crippen molar-refractivity contribution >= 4 is 40.9 Å². The number of benzene rings is 1. The zero-order chi connectivity index (χ0) is 20.9. The average Bonchev–Trinajstić information content (AvgIpc) is 3.07. The second-order valence-corrected chi connectivity index (χ2v) is 7.87. The lowest BCUT2D eigenvalue weighted by Gasteiger charge is -2.47. The van der Waals surface area contributed by atoms with Crippen LogP contribution in [0, 0.1) is 10.1 Å². The molecule has 0 unspecified atom stereocenters. The molecule has 0 aromatic heterocycles. The van der Waals surface area contributed by atoms with Crippen LogP contribution in [0.3, 0.4) is 0 Å². The molecule has 2 fully saturated rings. The Morgan fingerprint density at radius 2 is 2.14 bits per heavy atom. The Bertz CT molecular complexity index is 1020. The lowest BCUT2D eigenvalue weighted by molar-refractivity contribution is -0.384. The van der Waals surface area contributed by atoms with Crippen LogP contribution >= 0.6 is 11.8 Å². The third-order valence-corrected chi connectivity index (χ3v) is 6.39. The van der Waals surface area contributed by atoms with Gasteiger partial charge in [-0.25, -0.2) is 4.79 Å².